The van der Waals surface area contributed by atoms with Gasteiger partial charge in [0.05, 0.1) is 31.2 Å². The molecule has 158 valence electrons. The minimum absolute atomic E-state index is 0.0607. The van der Waals surface area contributed by atoms with Crippen LogP contribution in [0.1, 0.15) is 24.4 Å². The van der Waals surface area contributed by atoms with E-state index in [1.807, 2.05) is 36.4 Å². The van der Waals surface area contributed by atoms with Gasteiger partial charge < -0.3 is 14.5 Å². The lowest BCUT2D eigenvalue weighted by molar-refractivity contribution is 0.0947. The number of piperazine rings is 1. The van der Waals surface area contributed by atoms with Gasteiger partial charge in [-0.2, -0.15) is 0 Å². The van der Waals surface area contributed by atoms with Gasteiger partial charge in [0, 0.05) is 32.7 Å². The van der Waals surface area contributed by atoms with Crippen molar-refractivity contribution < 1.29 is 9.47 Å². The zero-order chi connectivity index (χ0) is 21.1. The summed E-state index contributed by atoms with van der Waals surface area (Å²) in [5.41, 5.74) is 1.87. The van der Waals surface area contributed by atoms with Crippen LogP contribution in [0.25, 0.3) is 10.9 Å². The number of hydrogen-bond acceptors (Lipinski definition) is 6. The zero-order valence-corrected chi connectivity index (χ0v) is 17.7. The average molecular weight is 409 g/mol. The van der Waals surface area contributed by atoms with Crippen LogP contribution in [-0.2, 0) is 6.54 Å². The smallest absolute Gasteiger partial charge is 0.258 e. The van der Waals surface area contributed by atoms with Crippen molar-refractivity contribution in [3.63, 3.8) is 0 Å². The first-order valence-electron chi connectivity index (χ1n) is 10.3. The van der Waals surface area contributed by atoms with Crippen molar-refractivity contribution in [2.24, 2.45) is 0 Å². The van der Waals surface area contributed by atoms with Crippen LogP contribution in [0.5, 0.6) is 11.5 Å². The first-order chi connectivity index (χ1) is 14.6. The summed E-state index contributed by atoms with van der Waals surface area (Å²) in [6, 6.07) is 13.6. The molecule has 7 heteroatoms. The van der Waals surface area contributed by atoms with E-state index in [1.54, 1.807) is 14.2 Å². The van der Waals surface area contributed by atoms with Crippen molar-refractivity contribution in [3.05, 3.63) is 64.2 Å². The van der Waals surface area contributed by atoms with Gasteiger partial charge in [-0.3, -0.25) is 14.6 Å². The van der Waals surface area contributed by atoms with Crippen LogP contribution >= 0.6 is 0 Å². The van der Waals surface area contributed by atoms with Crippen molar-refractivity contribution in [2.45, 2.75) is 19.5 Å². The largest absolute Gasteiger partial charge is 0.493 e. The highest BCUT2D eigenvalue weighted by atomic mass is 16.5. The molecule has 1 aliphatic rings. The lowest BCUT2D eigenvalue weighted by atomic mass is 10.1. The number of ether oxygens (including phenoxy) is 2. The molecule has 7 nitrogen and oxygen atoms in total. The standard InChI is InChI=1S/C23H28N4O3/c1-16(22-24-19-7-5-4-6-18(19)23(28)25-22)27-12-10-26(11-13-27)15-17-8-9-20(29-2)21(14-17)30-3/h4-9,14,16H,10-13,15H2,1-3H3,(H,24,25,28). The van der Waals surface area contributed by atoms with E-state index in [2.05, 4.69) is 27.8 Å². The van der Waals surface area contributed by atoms with E-state index in [4.69, 9.17) is 14.5 Å². The minimum atomic E-state index is -0.0745. The van der Waals surface area contributed by atoms with Gasteiger partial charge in [0.2, 0.25) is 0 Å². The Morgan fingerprint density at radius 2 is 1.77 bits per heavy atom. The van der Waals surface area contributed by atoms with Gasteiger partial charge in [-0.15, -0.1) is 0 Å². The van der Waals surface area contributed by atoms with Gasteiger partial charge >= 0.3 is 0 Å². The molecule has 1 aromatic heterocycles. The summed E-state index contributed by atoms with van der Waals surface area (Å²) in [5, 5.41) is 0.633. The number of nitrogens with one attached hydrogen (secondary N) is 1. The molecule has 0 aliphatic carbocycles. The van der Waals surface area contributed by atoms with E-state index in [9.17, 15) is 4.79 Å². The predicted octanol–water partition coefficient (Wildman–Crippen LogP) is 2.82. The molecule has 1 N–H and O–H groups in total. The van der Waals surface area contributed by atoms with Gasteiger partial charge in [-0.25, -0.2) is 4.98 Å². The third-order valence-electron chi connectivity index (χ3n) is 5.84. The van der Waals surface area contributed by atoms with E-state index in [0.29, 0.717) is 5.39 Å². The number of hydrogen-bond donors (Lipinski definition) is 1. The molecule has 3 aromatic rings. The van der Waals surface area contributed by atoms with Crippen molar-refractivity contribution in [3.8, 4) is 11.5 Å². The Balaban J connectivity index is 1.40. The molecule has 1 atom stereocenters. The van der Waals surface area contributed by atoms with E-state index in [1.165, 1.54) is 5.56 Å². The molecule has 0 amide bonds. The maximum atomic E-state index is 12.4. The molecule has 1 aliphatic heterocycles. The zero-order valence-electron chi connectivity index (χ0n) is 17.7. The summed E-state index contributed by atoms with van der Waals surface area (Å²) in [6.07, 6.45) is 0. The lowest BCUT2D eigenvalue weighted by Crippen LogP contribution is -2.47. The minimum Gasteiger partial charge on any atom is -0.493 e. The van der Waals surface area contributed by atoms with Crippen LogP contribution in [0, 0.1) is 0 Å². The van der Waals surface area contributed by atoms with Crippen LogP contribution in [0.2, 0.25) is 0 Å². The van der Waals surface area contributed by atoms with Crippen LogP contribution in [0.15, 0.2) is 47.3 Å². The van der Waals surface area contributed by atoms with Crippen molar-refractivity contribution in [2.75, 3.05) is 40.4 Å². The monoisotopic (exact) mass is 408 g/mol. The van der Waals surface area contributed by atoms with Gasteiger partial charge in [0.25, 0.3) is 5.56 Å². The number of aromatic nitrogens is 2. The molecule has 2 heterocycles. The Morgan fingerprint density at radius 3 is 2.50 bits per heavy atom. The summed E-state index contributed by atoms with van der Waals surface area (Å²) in [7, 11) is 3.31. The molecule has 2 aromatic carbocycles. The number of benzene rings is 2. The molecule has 1 saturated heterocycles. The highest BCUT2D eigenvalue weighted by Gasteiger charge is 2.24. The van der Waals surface area contributed by atoms with Gasteiger partial charge in [-0.05, 0) is 36.8 Å². The first kappa shape index (κ1) is 20.4. The van der Waals surface area contributed by atoms with Crippen LogP contribution < -0.4 is 15.0 Å². The molecule has 0 radical (unpaired) electrons. The second kappa shape index (κ2) is 8.85. The first-order valence-corrected chi connectivity index (χ1v) is 10.3. The normalized spacial score (nSPS) is 16.5. The summed E-state index contributed by atoms with van der Waals surface area (Å²) in [4.78, 5) is 24.9. The van der Waals surface area contributed by atoms with Crippen LogP contribution in [0.4, 0.5) is 0 Å². The number of para-hydroxylation sites is 1. The SMILES string of the molecule is COc1ccc(CN2CCN(C(C)c3nc4ccccc4c(=O)[nH]3)CC2)cc1OC. The molecule has 0 spiro atoms. The quantitative estimate of drug-likeness (QED) is 0.676. The van der Waals surface area contributed by atoms with E-state index < -0.39 is 0 Å². The van der Waals surface area contributed by atoms with Crippen molar-refractivity contribution >= 4 is 10.9 Å². The average Bonchev–Trinajstić information content (AvgIpc) is 2.79. The Kier molecular flexibility index (Phi) is 6.01. The molecule has 0 saturated carbocycles. The number of H-pyrrole nitrogens is 1. The van der Waals surface area contributed by atoms with Gasteiger partial charge in [0.15, 0.2) is 11.5 Å². The summed E-state index contributed by atoms with van der Waals surface area (Å²) >= 11 is 0. The fourth-order valence-electron chi connectivity index (χ4n) is 4.02. The number of nitrogens with zero attached hydrogens (tertiary/aromatic N) is 3. The number of rotatable bonds is 6. The fraction of sp³-hybridized carbons (Fsp3) is 0.391. The van der Waals surface area contributed by atoms with Crippen LogP contribution in [0.3, 0.4) is 0 Å². The Morgan fingerprint density at radius 1 is 1.03 bits per heavy atom. The number of methoxy groups -OCH3 is 2. The van der Waals surface area contributed by atoms with Crippen LogP contribution in [-0.4, -0.2) is 60.2 Å². The summed E-state index contributed by atoms with van der Waals surface area (Å²) in [6.45, 7) is 6.73. The third-order valence-corrected chi connectivity index (χ3v) is 5.84. The molecular weight excluding hydrogens is 380 g/mol. The Hall–Kier alpha value is -2.90. The fourth-order valence-corrected chi connectivity index (χ4v) is 4.02. The second-order valence-electron chi connectivity index (χ2n) is 7.65. The summed E-state index contributed by atoms with van der Waals surface area (Å²) < 4.78 is 10.7. The van der Waals surface area contributed by atoms with E-state index in [-0.39, 0.29) is 11.6 Å². The molecule has 1 fully saturated rings. The lowest BCUT2D eigenvalue weighted by Gasteiger charge is -2.37. The van der Waals surface area contributed by atoms with Crippen molar-refractivity contribution in [1.82, 2.24) is 19.8 Å². The number of fused-ring (bicyclic) bond motifs is 1. The maximum absolute atomic E-state index is 12.4. The topological polar surface area (TPSA) is 70.7 Å². The predicted molar refractivity (Wildman–Crippen MR) is 117 cm³/mol. The Bertz CT molecular complexity index is 1070. The number of aromatic amines is 1. The third kappa shape index (κ3) is 4.17. The molecule has 1 unspecified atom stereocenters. The van der Waals surface area contributed by atoms with E-state index in [0.717, 1.165) is 55.6 Å². The molecule has 4 rings (SSSR count). The Labute approximate surface area is 176 Å². The highest BCUT2D eigenvalue weighted by molar-refractivity contribution is 5.77. The van der Waals surface area contributed by atoms with Gasteiger partial charge in [-0.1, -0.05) is 18.2 Å². The van der Waals surface area contributed by atoms with Crippen molar-refractivity contribution in [1.29, 1.82) is 0 Å². The second-order valence-corrected chi connectivity index (χ2v) is 7.65. The maximum Gasteiger partial charge on any atom is 0.258 e. The molecule has 0 bridgehead atoms. The molecular formula is C23H28N4O3. The summed E-state index contributed by atoms with van der Waals surface area (Å²) in [5.74, 6) is 2.23. The highest BCUT2D eigenvalue weighted by Crippen LogP contribution is 2.28. The molecule has 30 heavy (non-hydrogen) atoms. The van der Waals surface area contributed by atoms with Gasteiger partial charge in [0.1, 0.15) is 5.82 Å². The van der Waals surface area contributed by atoms with E-state index >= 15 is 0 Å².